The highest BCUT2D eigenvalue weighted by Gasteiger charge is 1.77. The fraction of sp³-hybridized carbons (Fsp3) is 0. The van der Waals surface area contributed by atoms with Gasteiger partial charge in [-0.15, -0.1) is 0 Å². The molecule has 0 aliphatic heterocycles. The van der Waals surface area contributed by atoms with E-state index in [4.69, 9.17) is 0 Å². The summed E-state index contributed by atoms with van der Waals surface area (Å²) in [6.45, 7) is 0. The van der Waals surface area contributed by atoms with Crippen LogP contribution in [0.25, 0.3) is 0 Å². The second kappa shape index (κ2) is 9.75. The van der Waals surface area contributed by atoms with Crippen LogP contribution in [0.3, 0.4) is 0 Å². The van der Waals surface area contributed by atoms with Crippen molar-refractivity contribution in [3.63, 3.8) is 0 Å². The van der Waals surface area contributed by atoms with Crippen molar-refractivity contribution >= 4 is 22.7 Å². The number of halogens is 1. The minimum atomic E-state index is -0.178. The Labute approximate surface area is 109 Å². The van der Waals surface area contributed by atoms with E-state index in [2.05, 4.69) is 0 Å². The molecule has 3 heteroatoms. The van der Waals surface area contributed by atoms with Gasteiger partial charge in [0.1, 0.15) is 5.82 Å². The quantitative estimate of drug-likeness (QED) is 0.515. The van der Waals surface area contributed by atoms with Gasteiger partial charge < -0.3 is 0 Å². The molecule has 0 fully saturated rings. The number of thiophene rings is 2. The molecule has 2 heterocycles. The summed E-state index contributed by atoms with van der Waals surface area (Å²) in [5.41, 5.74) is 0. The van der Waals surface area contributed by atoms with Gasteiger partial charge in [-0.2, -0.15) is 22.7 Å². The van der Waals surface area contributed by atoms with Gasteiger partial charge in [0.25, 0.3) is 0 Å². The first kappa shape index (κ1) is 13.6. The van der Waals surface area contributed by atoms with E-state index in [1.165, 1.54) is 12.1 Å². The maximum atomic E-state index is 11.9. The van der Waals surface area contributed by atoms with Crippen LogP contribution in [-0.2, 0) is 0 Å². The predicted molar refractivity (Wildman–Crippen MR) is 75.0 cm³/mol. The first-order valence-electron chi connectivity index (χ1n) is 5.04. The molecule has 0 aliphatic carbocycles. The molecule has 88 valence electrons. The van der Waals surface area contributed by atoms with Gasteiger partial charge in [0.15, 0.2) is 0 Å². The van der Waals surface area contributed by atoms with Gasteiger partial charge in [-0.1, -0.05) is 42.5 Å². The van der Waals surface area contributed by atoms with Crippen LogP contribution in [0, 0.1) is 5.82 Å². The van der Waals surface area contributed by atoms with Crippen molar-refractivity contribution in [2.45, 2.75) is 0 Å². The number of benzene rings is 1. The summed E-state index contributed by atoms with van der Waals surface area (Å²) < 4.78 is 11.9. The van der Waals surface area contributed by atoms with Crippen molar-refractivity contribution in [2.24, 2.45) is 0 Å². The van der Waals surface area contributed by atoms with Gasteiger partial charge in [0, 0.05) is 0 Å². The van der Waals surface area contributed by atoms with Crippen LogP contribution in [0.4, 0.5) is 4.39 Å². The van der Waals surface area contributed by atoms with Gasteiger partial charge in [0.05, 0.1) is 0 Å². The Morgan fingerprint density at radius 2 is 1.00 bits per heavy atom. The fourth-order valence-electron chi connectivity index (χ4n) is 0.868. The van der Waals surface area contributed by atoms with Crippen molar-refractivity contribution in [1.82, 2.24) is 0 Å². The van der Waals surface area contributed by atoms with E-state index in [1.807, 2.05) is 45.8 Å². The normalized spacial score (nSPS) is 8.29. The van der Waals surface area contributed by atoms with Crippen molar-refractivity contribution < 1.29 is 4.39 Å². The van der Waals surface area contributed by atoms with Gasteiger partial charge >= 0.3 is 0 Å². The van der Waals surface area contributed by atoms with Crippen LogP contribution in [0.5, 0.6) is 0 Å². The third-order valence-electron chi connectivity index (χ3n) is 1.58. The zero-order valence-electron chi connectivity index (χ0n) is 9.20. The monoisotopic (exact) mass is 264 g/mol. The molecule has 0 radical (unpaired) electrons. The molecule has 0 spiro atoms. The van der Waals surface area contributed by atoms with Gasteiger partial charge in [-0.3, -0.25) is 0 Å². The largest absolute Gasteiger partial charge is 0.207 e. The average Bonchev–Trinajstić information content (AvgIpc) is 3.09. The lowest BCUT2D eigenvalue weighted by Gasteiger charge is -1.78. The molecule has 3 aromatic rings. The molecule has 0 nitrogen and oxygen atoms in total. The lowest BCUT2D eigenvalue weighted by atomic mass is 10.4. The summed E-state index contributed by atoms with van der Waals surface area (Å²) in [7, 11) is 0. The SMILES string of the molecule is Fc1ccccc1.c1ccsc1.c1ccsc1. The van der Waals surface area contributed by atoms with E-state index in [-0.39, 0.29) is 5.82 Å². The first-order chi connectivity index (χ1) is 8.39. The van der Waals surface area contributed by atoms with Crippen molar-refractivity contribution in [1.29, 1.82) is 0 Å². The molecule has 0 N–H and O–H groups in total. The third-order valence-corrected chi connectivity index (χ3v) is 2.84. The first-order valence-corrected chi connectivity index (χ1v) is 6.93. The maximum Gasteiger partial charge on any atom is 0.123 e. The standard InChI is InChI=1S/C6H5F.2C4H4S/c7-6-4-2-1-3-5-6;2*1-2-4-5-3-1/h1-5H;2*1-4H. The number of hydrogen-bond donors (Lipinski definition) is 0. The highest BCUT2D eigenvalue weighted by molar-refractivity contribution is 7.08. The van der Waals surface area contributed by atoms with Crippen molar-refractivity contribution in [3.05, 3.63) is 81.9 Å². The number of hydrogen-bond acceptors (Lipinski definition) is 2. The second-order valence-electron chi connectivity index (χ2n) is 2.88. The topological polar surface area (TPSA) is 0 Å². The van der Waals surface area contributed by atoms with E-state index in [9.17, 15) is 4.39 Å². The van der Waals surface area contributed by atoms with Gasteiger partial charge in [0.2, 0.25) is 0 Å². The van der Waals surface area contributed by atoms with E-state index in [1.54, 1.807) is 40.9 Å². The number of rotatable bonds is 0. The molecular formula is C14H13FS2. The van der Waals surface area contributed by atoms with Crippen LogP contribution in [0.2, 0.25) is 0 Å². The van der Waals surface area contributed by atoms with E-state index >= 15 is 0 Å². The highest BCUT2D eigenvalue weighted by atomic mass is 32.1. The molecule has 0 bridgehead atoms. The summed E-state index contributed by atoms with van der Waals surface area (Å²) in [5.74, 6) is -0.178. The summed E-state index contributed by atoms with van der Waals surface area (Å²) in [5, 5.41) is 8.17. The predicted octanol–water partition coefficient (Wildman–Crippen LogP) is 5.32. The van der Waals surface area contributed by atoms with Crippen LogP contribution in [-0.4, -0.2) is 0 Å². The third kappa shape index (κ3) is 8.37. The zero-order valence-corrected chi connectivity index (χ0v) is 10.8. The van der Waals surface area contributed by atoms with Crippen molar-refractivity contribution in [3.8, 4) is 0 Å². The molecule has 0 atom stereocenters. The maximum absolute atomic E-state index is 11.9. The molecule has 2 aromatic heterocycles. The van der Waals surface area contributed by atoms with Crippen molar-refractivity contribution in [2.75, 3.05) is 0 Å². The molecule has 0 unspecified atom stereocenters. The second-order valence-corrected chi connectivity index (χ2v) is 4.51. The lowest BCUT2D eigenvalue weighted by molar-refractivity contribution is 0.628. The minimum absolute atomic E-state index is 0.178. The molecule has 3 rings (SSSR count). The summed E-state index contributed by atoms with van der Waals surface area (Å²) in [4.78, 5) is 0. The summed E-state index contributed by atoms with van der Waals surface area (Å²) >= 11 is 3.43. The van der Waals surface area contributed by atoms with Crippen LogP contribution in [0.1, 0.15) is 0 Å². The molecular weight excluding hydrogens is 251 g/mol. The van der Waals surface area contributed by atoms with Crippen LogP contribution >= 0.6 is 22.7 Å². The Hall–Kier alpha value is -1.45. The van der Waals surface area contributed by atoms with E-state index in [0.29, 0.717) is 0 Å². The summed E-state index contributed by atoms with van der Waals surface area (Å²) in [6, 6.07) is 16.0. The molecule has 0 saturated carbocycles. The Morgan fingerprint density at radius 3 is 1.18 bits per heavy atom. The minimum Gasteiger partial charge on any atom is -0.207 e. The Balaban J connectivity index is 0.000000130. The molecule has 0 amide bonds. The highest BCUT2D eigenvalue weighted by Crippen LogP contribution is 1.92. The lowest BCUT2D eigenvalue weighted by Crippen LogP contribution is -1.63. The average molecular weight is 264 g/mol. The molecule has 0 aliphatic rings. The van der Waals surface area contributed by atoms with Gasteiger partial charge in [-0.25, -0.2) is 4.39 Å². The molecule has 17 heavy (non-hydrogen) atoms. The Kier molecular flexibility index (Phi) is 7.81. The van der Waals surface area contributed by atoms with Gasteiger partial charge in [-0.05, 0) is 33.7 Å². The smallest absolute Gasteiger partial charge is 0.123 e. The zero-order chi connectivity index (χ0) is 12.2. The Bertz CT molecular complexity index is 372. The van der Waals surface area contributed by atoms with Crippen LogP contribution in [0.15, 0.2) is 76.1 Å². The Morgan fingerprint density at radius 1 is 0.588 bits per heavy atom. The molecule has 0 saturated heterocycles. The van der Waals surface area contributed by atoms with E-state index < -0.39 is 0 Å². The van der Waals surface area contributed by atoms with E-state index in [0.717, 1.165) is 0 Å². The molecule has 1 aromatic carbocycles. The fourth-order valence-corrected chi connectivity index (χ4v) is 1.78. The van der Waals surface area contributed by atoms with Crippen LogP contribution < -0.4 is 0 Å². The summed E-state index contributed by atoms with van der Waals surface area (Å²) in [6.07, 6.45) is 0.